The Morgan fingerprint density at radius 2 is 1.86 bits per heavy atom. The van der Waals surface area contributed by atoms with Crippen molar-refractivity contribution in [3.05, 3.63) is 64.7 Å². The van der Waals surface area contributed by atoms with Crippen molar-refractivity contribution in [2.24, 2.45) is 0 Å². The molecule has 0 fully saturated rings. The van der Waals surface area contributed by atoms with Gasteiger partial charge in [-0.1, -0.05) is 11.6 Å². The molecule has 0 atom stereocenters. The molecule has 2 aromatic heterocycles. The molecule has 0 unspecified atom stereocenters. The van der Waals surface area contributed by atoms with Crippen molar-refractivity contribution in [1.29, 1.82) is 0 Å². The Kier molecular flexibility index (Phi) is 4.84. The minimum absolute atomic E-state index is 0.238. The van der Waals surface area contributed by atoms with Gasteiger partial charge in [0.25, 0.3) is 5.91 Å². The lowest BCUT2D eigenvalue weighted by Gasteiger charge is -2.23. The highest BCUT2D eigenvalue weighted by Crippen LogP contribution is 2.40. The van der Waals surface area contributed by atoms with E-state index in [9.17, 15) is 9.18 Å². The summed E-state index contributed by atoms with van der Waals surface area (Å²) in [6.07, 6.45) is 1.53. The number of hydrogen-bond acceptors (Lipinski definition) is 5. The third-order valence-electron chi connectivity index (χ3n) is 4.73. The lowest BCUT2D eigenvalue weighted by molar-refractivity contribution is 0.0993. The molecule has 148 valence electrons. The molecule has 6 nitrogen and oxygen atoms in total. The summed E-state index contributed by atoms with van der Waals surface area (Å²) in [6, 6.07) is 9.10. The van der Waals surface area contributed by atoms with Gasteiger partial charge in [-0.25, -0.2) is 14.4 Å². The van der Waals surface area contributed by atoms with Gasteiger partial charge in [0.2, 0.25) is 0 Å². The monoisotopic (exact) mass is 412 g/mol. The Balaban J connectivity index is 1.81. The van der Waals surface area contributed by atoms with Crippen molar-refractivity contribution >= 4 is 34.8 Å². The molecule has 29 heavy (non-hydrogen) atoms. The highest BCUT2D eigenvalue weighted by atomic mass is 35.5. The van der Waals surface area contributed by atoms with Crippen molar-refractivity contribution in [3.8, 4) is 11.5 Å². The predicted molar refractivity (Wildman–Crippen MR) is 110 cm³/mol. The minimum Gasteiger partial charge on any atom is -0.456 e. The molecule has 1 aliphatic heterocycles. The number of aromatic nitrogens is 2. The molecule has 0 aliphatic carbocycles. The molecular weight excluding hydrogens is 395 g/mol. The van der Waals surface area contributed by atoms with Crippen molar-refractivity contribution < 1.29 is 13.9 Å². The van der Waals surface area contributed by atoms with E-state index in [2.05, 4.69) is 9.97 Å². The first-order valence-electron chi connectivity index (χ1n) is 9.05. The first-order valence-corrected chi connectivity index (χ1v) is 9.43. The highest BCUT2D eigenvalue weighted by molar-refractivity contribution is 6.30. The van der Waals surface area contributed by atoms with Crippen LogP contribution in [0.4, 0.5) is 21.7 Å². The van der Waals surface area contributed by atoms with Crippen LogP contribution in [0.2, 0.25) is 5.15 Å². The second kappa shape index (κ2) is 7.33. The van der Waals surface area contributed by atoms with E-state index in [1.807, 2.05) is 24.8 Å². The molecule has 0 radical (unpaired) electrons. The van der Waals surface area contributed by atoms with Crippen molar-refractivity contribution in [2.75, 3.05) is 23.4 Å². The number of amides is 1. The van der Waals surface area contributed by atoms with Gasteiger partial charge in [-0.3, -0.25) is 4.79 Å². The molecule has 0 spiro atoms. The maximum Gasteiger partial charge on any atom is 0.262 e. The average molecular weight is 413 g/mol. The largest absolute Gasteiger partial charge is 0.456 e. The zero-order valence-corrected chi connectivity index (χ0v) is 16.9. The molecule has 1 amide bonds. The molecule has 3 heterocycles. The number of aryl methyl sites for hydroxylation is 1. The van der Waals surface area contributed by atoms with Crippen LogP contribution in [0.5, 0.6) is 11.5 Å². The van der Waals surface area contributed by atoms with Crippen LogP contribution < -0.4 is 14.5 Å². The minimum atomic E-state index is -0.355. The third-order valence-corrected chi connectivity index (χ3v) is 5.11. The van der Waals surface area contributed by atoms with Crippen LogP contribution in [-0.2, 0) is 0 Å². The number of carbonyl (C=O) groups is 1. The van der Waals surface area contributed by atoms with E-state index in [-0.39, 0.29) is 11.7 Å². The molecule has 0 saturated carbocycles. The van der Waals surface area contributed by atoms with Gasteiger partial charge in [0.05, 0.1) is 17.4 Å². The second-order valence-corrected chi connectivity index (χ2v) is 7.00. The zero-order chi connectivity index (χ0) is 20.7. The van der Waals surface area contributed by atoms with E-state index in [4.69, 9.17) is 16.3 Å². The van der Waals surface area contributed by atoms with E-state index in [1.165, 1.54) is 35.4 Å². The maximum absolute atomic E-state index is 13.2. The van der Waals surface area contributed by atoms with Crippen molar-refractivity contribution in [1.82, 2.24) is 9.97 Å². The smallest absolute Gasteiger partial charge is 0.262 e. The molecular formula is C21H18ClFN4O2. The summed E-state index contributed by atoms with van der Waals surface area (Å²) in [5.41, 5.74) is 1.80. The number of halogens is 2. The summed E-state index contributed by atoms with van der Waals surface area (Å²) >= 11 is 6.25. The van der Waals surface area contributed by atoms with Crippen molar-refractivity contribution in [2.45, 2.75) is 13.8 Å². The van der Waals surface area contributed by atoms with E-state index in [0.29, 0.717) is 46.1 Å². The summed E-state index contributed by atoms with van der Waals surface area (Å²) < 4.78 is 18.9. The van der Waals surface area contributed by atoms with Crippen LogP contribution in [0.15, 0.2) is 42.6 Å². The summed E-state index contributed by atoms with van der Waals surface area (Å²) in [7, 11) is 1.69. The number of rotatable bonds is 3. The van der Waals surface area contributed by atoms with Gasteiger partial charge in [0, 0.05) is 13.6 Å². The van der Waals surface area contributed by atoms with Gasteiger partial charge in [0.1, 0.15) is 28.3 Å². The fraction of sp³-hybridized carbons (Fsp3) is 0.190. The SMILES string of the molecule is CCN1c2ncc(Oc3ccc(F)cc3)cc2C(=O)N(C)c2cc(C)c(Cl)nc21. The predicted octanol–water partition coefficient (Wildman–Crippen LogP) is 5.12. The van der Waals surface area contributed by atoms with E-state index < -0.39 is 0 Å². The number of hydrogen-bond donors (Lipinski definition) is 0. The van der Waals surface area contributed by atoms with Crippen LogP contribution in [0.25, 0.3) is 0 Å². The molecule has 1 aromatic carbocycles. The zero-order valence-electron chi connectivity index (χ0n) is 16.1. The maximum atomic E-state index is 13.2. The van der Waals surface area contributed by atoms with Crippen LogP contribution >= 0.6 is 11.6 Å². The van der Waals surface area contributed by atoms with Gasteiger partial charge < -0.3 is 14.5 Å². The van der Waals surface area contributed by atoms with Crippen LogP contribution in [0.1, 0.15) is 22.8 Å². The quantitative estimate of drug-likeness (QED) is 0.559. The summed E-state index contributed by atoms with van der Waals surface area (Å²) in [6.45, 7) is 4.33. The topological polar surface area (TPSA) is 58.6 Å². The molecule has 0 saturated heterocycles. The Hall–Kier alpha value is -3.19. The average Bonchev–Trinajstić information content (AvgIpc) is 2.79. The van der Waals surface area contributed by atoms with Crippen LogP contribution in [0.3, 0.4) is 0 Å². The fourth-order valence-corrected chi connectivity index (χ4v) is 3.34. The van der Waals surface area contributed by atoms with E-state index in [0.717, 1.165) is 5.56 Å². The standard InChI is InChI=1S/C21H18ClFN4O2/c1-4-27-19-16(10-15(11-24-19)29-14-7-5-13(23)6-8-14)21(28)26(3)17-9-12(2)18(22)25-20(17)27/h5-11H,4H2,1-3H3. The Morgan fingerprint density at radius 3 is 2.55 bits per heavy atom. The third kappa shape index (κ3) is 3.38. The first kappa shape index (κ1) is 19.1. The lowest BCUT2D eigenvalue weighted by atomic mass is 10.2. The number of fused-ring (bicyclic) bond motifs is 2. The summed E-state index contributed by atoms with van der Waals surface area (Å²) in [4.78, 5) is 25.6. The Labute approximate surface area is 172 Å². The number of benzene rings is 1. The number of ether oxygens (including phenoxy) is 1. The summed E-state index contributed by atoms with van der Waals surface area (Å²) in [5.74, 6) is 1.27. The Bertz CT molecular complexity index is 1100. The molecule has 4 rings (SSSR count). The molecule has 0 bridgehead atoms. The van der Waals surface area contributed by atoms with Gasteiger partial charge in [-0.05, 0) is 55.8 Å². The summed E-state index contributed by atoms with van der Waals surface area (Å²) in [5, 5.41) is 0.378. The second-order valence-electron chi connectivity index (χ2n) is 6.65. The van der Waals surface area contributed by atoms with Crippen molar-refractivity contribution in [3.63, 3.8) is 0 Å². The number of nitrogens with zero attached hydrogens (tertiary/aromatic N) is 4. The van der Waals surface area contributed by atoms with Gasteiger partial charge in [0.15, 0.2) is 5.82 Å². The highest BCUT2D eigenvalue weighted by Gasteiger charge is 2.31. The first-order chi connectivity index (χ1) is 13.9. The number of anilines is 3. The van der Waals surface area contributed by atoms with Gasteiger partial charge in [-0.2, -0.15) is 0 Å². The van der Waals surface area contributed by atoms with Gasteiger partial charge in [-0.15, -0.1) is 0 Å². The van der Waals surface area contributed by atoms with Gasteiger partial charge >= 0.3 is 0 Å². The number of carbonyl (C=O) groups excluding carboxylic acids is 1. The van der Waals surface area contributed by atoms with Crippen LogP contribution in [0, 0.1) is 12.7 Å². The Morgan fingerprint density at radius 1 is 1.14 bits per heavy atom. The molecule has 0 N–H and O–H groups in total. The molecule has 8 heteroatoms. The molecule has 1 aliphatic rings. The molecule has 3 aromatic rings. The van der Waals surface area contributed by atoms with E-state index in [1.54, 1.807) is 13.1 Å². The number of pyridine rings is 2. The normalized spacial score (nSPS) is 13.1. The van der Waals surface area contributed by atoms with Crippen LogP contribution in [-0.4, -0.2) is 29.5 Å². The fourth-order valence-electron chi connectivity index (χ4n) is 3.21. The lowest BCUT2D eigenvalue weighted by Crippen LogP contribution is -2.25. The van der Waals surface area contributed by atoms with E-state index >= 15 is 0 Å².